The molecule has 0 saturated heterocycles. The Morgan fingerprint density at radius 2 is 1.88 bits per heavy atom. The summed E-state index contributed by atoms with van der Waals surface area (Å²) in [6, 6.07) is 14.1. The number of hydrogen-bond acceptors (Lipinski definition) is 6. The van der Waals surface area contributed by atoms with Gasteiger partial charge in [0.15, 0.2) is 0 Å². The average molecular weight is 403 g/mol. The third-order valence-corrected chi connectivity index (χ3v) is 4.40. The van der Waals surface area contributed by atoms with Crippen molar-refractivity contribution >= 4 is 44.3 Å². The molecule has 0 amide bonds. The van der Waals surface area contributed by atoms with Gasteiger partial charge in [0.1, 0.15) is 0 Å². The highest BCUT2D eigenvalue weighted by Gasteiger charge is 2.04. The van der Waals surface area contributed by atoms with Crippen LogP contribution in [-0.2, 0) is 0 Å². The number of nitrogens with one attached hydrogen (secondary N) is 1. The molecular formula is C16H11BrN4O2S. The molecule has 24 heavy (non-hydrogen) atoms. The van der Waals surface area contributed by atoms with Crippen molar-refractivity contribution in [3.05, 3.63) is 74.1 Å². The molecule has 0 spiro atoms. The lowest BCUT2D eigenvalue weighted by atomic mass is 10.2. The number of benzene rings is 2. The Balaban J connectivity index is 1.64. The van der Waals surface area contributed by atoms with Crippen LogP contribution < -0.4 is 5.43 Å². The minimum absolute atomic E-state index is 0.0548. The van der Waals surface area contributed by atoms with Crippen molar-refractivity contribution in [2.24, 2.45) is 5.10 Å². The quantitative estimate of drug-likeness (QED) is 0.372. The molecule has 2 aromatic carbocycles. The van der Waals surface area contributed by atoms with Gasteiger partial charge in [0.25, 0.3) is 5.69 Å². The molecule has 0 atom stereocenters. The molecule has 0 aliphatic rings. The fourth-order valence-corrected chi connectivity index (χ4v) is 2.86. The summed E-state index contributed by atoms with van der Waals surface area (Å²) >= 11 is 4.86. The number of nitrogens with zero attached hydrogens (tertiary/aromatic N) is 3. The molecule has 0 aliphatic heterocycles. The van der Waals surface area contributed by atoms with E-state index in [1.165, 1.54) is 23.5 Å². The molecule has 0 saturated carbocycles. The summed E-state index contributed by atoms with van der Waals surface area (Å²) < 4.78 is 1.02. The lowest BCUT2D eigenvalue weighted by Gasteiger charge is -1.97. The maximum atomic E-state index is 10.6. The van der Waals surface area contributed by atoms with Crippen molar-refractivity contribution in [2.75, 3.05) is 5.43 Å². The number of halogens is 1. The van der Waals surface area contributed by atoms with E-state index in [9.17, 15) is 10.1 Å². The van der Waals surface area contributed by atoms with Crippen molar-refractivity contribution in [1.82, 2.24) is 4.98 Å². The zero-order chi connectivity index (χ0) is 16.9. The topological polar surface area (TPSA) is 80.4 Å². The molecule has 6 nitrogen and oxygen atoms in total. The number of hydrogen-bond donors (Lipinski definition) is 1. The summed E-state index contributed by atoms with van der Waals surface area (Å²) in [4.78, 5) is 14.6. The number of non-ortho nitro benzene ring substituents is 1. The molecule has 120 valence electrons. The summed E-state index contributed by atoms with van der Waals surface area (Å²) in [6.07, 6.45) is 1.59. The zero-order valence-electron chi connectivity index (χ0n) is 12.2. The van der Waals surface area contributed by atoms with Crippen LogP contribution in [0.5, 0.6) is 0 Å². The maximum Gasteiger partial charge on any atom is 0.269 e. The molecule has 3 rings (SSSR count). The first-order valence-electron chi connectivity index (χ1n) is 6.87. The predicted octanol–water partition coefficient (Wildman–Crippen LogP) is 4.93. The number of nitro groups is 1. The van der Waals surface area contributed by atoms with Crippen LogP contribution in [0.15, 0.2) is 63.5 Å². The number of nitro benzene ring substituents is 1. The van der Waals surface area contributed by atoms with Crippen LogP contribution in [0.2, 0.25) is 0 Å². The molecular weight excluding hydrogens is 392 g/mol. The van der Waals surface area contributed by atoms with Gasteiger partial charge in [-0.1, -0.05) is 28.1 Å². The van der Waals surface area contributed by atoms with Gasteiger partial charge in [-0.25, -0.2) is 4.98 Å². The molecule has 0 bridgehead atoms. The van der Waals surface area contributed by atoms with E-state index < -0.39 is 4.92 Å². The third kappa shape index (κ3) is 4.03. The summed E-state index contributed by atoms with van der Waals surface area (Å²) in [7, 11) is 0. The van der Waals surface area contributed by atoms with Gasteiger partial charge in [-0.2, -0.15) is 5.10 Å². The summed E-state index contributed by atoms with van der Waals surface area (Å²) in [5.74, 6) is 0. The van der Waals surface area contributed by atoms with Crippen LogP contribution in [0, 0.1) is 10.1 Å². The van der Waals surface area contributed by atoms with Crippen molar-refractivity contribution < 1.29 is 4.92 Å². The maximum absolute atomic E-state index is 10.6. The van der Waals surface area contributed by atoms with Crippen LogP contribution in [0.4, 0.5) is 10.8 Å². The van der Waals surface area contributed by atoms with Gasteiger partial charge in [-0.15, -0.1) is 11.3 Å². The first kappa shape index (κ1) is 16.3. The first-order chi connectivity index (χ1) is 11.6. The van der Waals surface area contributed by atoms with E-state index in [0.29, 0.717) is 5.13 Å². The van der Waals surface area contributed by atoms with Crippen molar-refractivity contribution in [3.8, 4) is 11.3 Å². The minimum Gasteiger partial charge on any atom is -0.258 e. The summed E-state index contributed by atoms with van der Waals surface area (Å²) in [5.41, 5.74) is 5.59. The highest BCUT2D eigenvalue weighted by Crippen LogP contribution is 2.26. The van der Waals surface area contributed by atoms with Crippen molar-refractivity contribution in [1.29, 1.82) is 0 Å². The molecule has 0 radical (unpaired) electrons. The molecule has 1 aromatic heterocycles. The van der Waals surface area contributed by atoms with Crippen LogP contribution in [0.1, 0.15) is 5.56 Å². The Bertz CT molecular complexity index is 876. The van der Waals surface area contributed by atoms with Gasteiger partial charge in [0, 0.05) is 27.5 Å². The molecule has 3 aromatic rings. The van der Waals surface area contributed by atoms with Gasteiger partial charge < -0.3 is 0 Å². The summed E-state index contributed by atoms with van der Waals surface area (Å²) in [6.45, 7) is 0. The van der Waals surface area contributed by atoms with Gasteiger partial charge in [-0.3, -0.25) is 15.5 Å². The third-order valence-electron chi connectivity index (χ3n) is 3.12. The minimum atomic E-state index is -0.432. The predicted molar refractivity (Wildman–Crippen MR) is 99.6 cm³/mol. The van der Waals surface area contributed by atoms with Gasteiger partial charge in [-0.05, 0) is 29.8 Å². The van der Waals surface area contributed by atoms with Crippen molar-refractivity contribution in [2.45, 2.75) is 0 Å². The largest absolute Gasteiger partial charge is 0.269 e. The SMILES string of the molecule is O=[N+]([O-])c1ccc(/C=N/Nc2nc(-c3ccc(Br)cc3)cs2)cc1. The highest BCUT2D eigenvalue weighted by molar-refractivity contribution is 9.10. The van der Waals surface area contributed by atoms with E-state index >= 15 is 0 Å². The van der Waals surface area contributed by atoms with Crippen LogP contribution >= 0.6 is 27.3 Å². The van der Waals surface area contributed by atoms with E-state index in [4.69, 9.17) is 0 Å². The molecule has 8 heteroatoms. The number of rotatable bonds is 5. The lowest BCUT2D eigenvalue weighted by Crippen LogP contribution is -1.91. The first-order valence-corrected chi connectivity index (χ1v) is 8.54. The van der Waals surface area contributed by atoms with Crippen LogP contribution in [0.25, 0.3) is 11.3 Å². The Hall–Kier alpha value is -2.58. The zero-order valence-corrected chi connectivity index (χ0v) is 14.6. The van der Waals surface area contributed by atoms with Gasteiger partial charge in [0.05, 0.1) is 16.8 Å². The standard InChI is InChI=1S/C16H11BrN4O2S/c17-13-5-3-12(4-6-13)15-10-24-16(19-15)20-18-9-11-1-7-14(8-2-11)21(22)23/h1-10H,(H,19,20)/b18-9+. The number of thiazole rings is 1. The smallest absolute Gasteiger partial charge is 0.258 e. The molecule has 0 aliphatic carbocycles. The van der Waals surface area contributed by atoms with E-state index in [1.807, 2.05) is 29.6 Å². The van der Waals surface area contributed by atoms with E-state index in [-0.39, 0.29) is 5.69 Å². The van der Waals surface area contributed by atoms with E-state index in [2.05, 4.69) is 31.4 Å². The Morgan fingerprint density at radius 1 is 1.17 bits per heavy atom. The molecule has 1 N–H and O–H groups in total. The fraction of sp³-hybridized carbons (Fsp3) is 0. The van der Waals surface area contributed by atoms with E-state index in [1.54, 1.807) is 18.3 Å². The normalized spacial score (nSPS) is 10.9. The van der Waals surface area contributed by atoms with Crippen molar-refractivity contribution in [3.63, 3.8) is 0 Å². The fourth-order valence-electron chi connectivity index (χ4n) is 1.92. The van der Waals surface area contributed by atoms with Crippen LogP contribution in [-0.4, -0.2) is 16.1 Å². The highest BCUT2D eigenvalue weighted by atomic mass is 79.9. The summed E-state index contributed by atoms with van der Waals surface area (Å²) in [5, 5.41) is 17.3. The number of hydrazone groups is 1. The second-order valence-corrected chi connectivity index (χ2v) is 6.54. The average Bonchev–Trinajstić information content (AvgIpc) is 3.05. The Kier molecular flexibility index (Phi) is 4.97. The molecule has 1 heterocycles. The van der Waals surface area contributed by atoms with Gasteiger partial charge >= 0.3 is 0 Å². The molecule has 0 fully saturated rings. The molecule has 0 unspecified atom stereocenters. The second-order valence-electron chi connectivity index (χ2n) is 4.76. The van der Waals surface area contributed by atoms with Gasteiger partial charge in [0.2, 0.25) is 5.13 Å². The second kappa shape index (κ2) is 7.33. The Labute approximate surface area is 150 Å². The number of anilines is 1. The monoisotopic (exact) mass is 402 g/mol. The van der Waals surface area contributed by atoms with Crippen LogP contribution in [0.3, 0.4) is 0 Å². The Morgan fingerprint density at radius 3 is 2.54 bits per heavy atom. The lowest BCUT2D eigenvalue weighted by molar-refractivity contribution is -0.384. The van der Waals surface area contributed by atoms with E-state index in [0.717, 1.165) is 21.3 Å². The number of aromatic nitrogens is 1.